The lowest BCUT2D eigenvalue weighted by Gasteiger charge is -2.14. The molecule has 0 atom stereocenters. The highest BCUT2D eigenvalue weighted by Crippen LogP contribution is 2.21. The second-order valence-electron chi connectivity index (χ2n) is 4.08. The van der Waals surface area contributed by atoms with E-state index in [1.165, 1.54) is 26.2 Å². The van der Waals surface area contributed by atoms with Crippen molar-refractivity contribution in [1.29, 1.82) is 0 Å². The van der Waals surface area contributed by atoms with Crippen LogP contribution in [0.1, 0.15) is 21.5 Å². The van der Waals surface area contributed by atoms with Gasteiger partial charge in [0.15, 0.2) is 0 Å². The van der Waals surface area contributed by atoms with Crippen LogP contribution in [0.15, 0.2) is 17.0 Å². The number of sulfonamides is 1. The second-order valence-corrected chi connectivity index (χ2v) is 6.24. The molecule has 2 N–H and O–H groups in total. The van der Waals surface area contributed by atoms with Crippen LogP contribution in [0, 0.1) is 13.8 Å². The van der Waals surface area contributed by atoms with Crippen molar-refractivity contribution in [3.8, 4) is 0 Å². The van der Waals surface area contributed by atoms with Crippen LogP contribution in [0.25, 0.3) is 0 Å². The molecule has 1 aromatic rings. The Balaban J connectivity index is 3.49. The Kier molecular flexibility index (Phi) is 3.59. The monoisotopic (exact) mass is 256 g/mol. The number of rotatable bonds is 3. The molecule has 0 saturated heterocycles. The van der Waals surface area contributed by atoms with Crippen molar-refractivity contribution >= 4 is 15.9 Å². The van der Waals surface area contributed by atoms with Gasteiger partial charge >= 0.3 is 0 Å². The van der Waals surface area contributed by atoms with Gasteiger partial charge < -0.3 is 5.73 Å². The molecule has 0 spiro atoms. The Labute approximate surface area is 101 Å². The zero-order chi connectivity index (χ0) is 13.4. The van der Waals surface area contributed by atoms with Crippen LogP contribution < -0.4 is 5.73 Å². The number of hydrogen-bond donors (Lipinski definition) is 1. The van der Waals surface area contributed by atoms with Gasteiger partial charge in [-0.1, -0.05) is 0 Å². The van der Waals surface area contributed by atoms with Crippen LogP contribution in [0.3, 0.4) is 0 Å². The first-order chi connectivity index (χ1) is 7.67. The second kappa shape index (κ2) is 4.46. The number of primary amides is 1. The third kappa shape index (κ3) is 2.48. The molecule has 0 saturated carbocycles. The van der Waals surface area contributed by atoms with E-state index in [4.69, 9.17) is 5.73 Å². The Morgan fingerprint density at radius 3 is 1.88 bits per heavy atom. The van der Waals surface area contributed by atoms with Crippen LogP contribution in [0.2, 0.25) is 0 Å². The van der Waals surface area contributed by atoms with E-state index in [1.807, 2.05) is 0 Å². The number of nitrogens with zero attached hydrogens (tertiary/aromatic N) is 1. The predicted molar refractivity (Wildman–Crippen MR) is 65.3 cm³/mol. The average Bonchev–Trinajstić information content (AvgIpc) is 2.15. The molecule has 0 unspecified atom stereocenters. The van der Waals surface area contributed by atoms with Crippen LogP contribution in [0.5, 0.6) is 0 Å². The predicted octanol–water partition coefficient (Wildman–Crippen LogP) is 0.653. The van der Waals surface area contributed by atoms with Gasteiger partial charge in [-0.25, -0.2) is 12.7 Å². The lowest BCUT2D eigenvalue weighted by molar-refractivity contribution is 0.0999. The number of benzene rings is 1. The first-order valence-corrected chi connectivity index (χ1v) is 6.45. The van der Waals surface area contributed by atoms with Crippen molar-refractivity contribution in [2.24, 2.45) is 5.73 Å². The van der Waals surface area contributed by atoms with Gasteiger partial charge in [0.1, 0.15) is 0 Å². The molecule has 94 valence electrons. The first kappa shape index (κ1) is 13.7. The zero-order valence-corrected chi connectivity index (χ0v) is 11.1. The summed E-state index contributed by atoms with van der Waals surface area (Å²) in [6.45, 7) is 3.34. The molecule has 0 aliphatic heterocycles. The van der Waals surface area contributed by atoms with Gasteiger partial charge in [-0.2, -0.15) is 0 Å². The molecule has 17 heavy (non-hydrogen) atoms. The fraction of sp³-hybridized carbons (Fsp3) is 0.364. The molecule has 0 bridgehead atoms. The van der Waals surface area contributed by atoms with E-state index < -0.39 is 15.9 Å². The van der Waals surface area contributed by atoms with Gasteiger partial charge in [0.05, 0.1) is 4.90 Å². The highest BCUT2D eigenvalue weighted by molar-refractivity contribution is 7.89. The van der Waals surface area contributed by atoms with E-state index in [0.29, 0.717) is 16.7 Å². The number of hydrogen-bond acceptors (Lipinski definition) is 3. The summed E-state index contributed by atoms with van der Waals surface area (Å²) >= 11 is 0. The van der Waals surface area contributed by atoms with Gasteiger partial charge in [-0.3, -0.25) is 4.79 Å². The van der Waals surface area contributed by atoms with Crippen molar-refractivity contribution in [2.45, 2.75) is 18.7 Å². The fourth-order valence-corrected chi connectivity index (χ4v) is 2.75. The lowest BCUT2D eigenvalue weighted by atomic mass is 10.0. The van der Waals surface area contributed by atoms with Crippen molar-refractivity contribution in [3.05, 3.63) is 28.8 Å². The molecule has 0 radical (unpaired) electrons. The van der Waals surface area contributed by atoms with Gasteiger partial charge in [0, 0.05) is 19.7 Å². The number of nitrogens with two attached hydrogens (primary N) is 1. The minimum Gasteiger partial charge on any atom is -0.366 e. The maximum Gasteiger partial charge on any atom is 0.249 e. The summed E-state index contributed by atoms with van der Waals surface area (Å²) in [4.78, 5) is 11.4. The van der Waals surface area contributed by atoms with Gasteiger partial charge in [-0.05, 0) is 37.1 Å². The van der Waals surface area contributed by atoms with E-state index in [1.54, 1.807) is 13.8 Å². The number of amides is 1. The van der Waals surface area contributed by atoms with Crippen LogP contribution in [0.4, 0.5) is 0 Å². The summed E-state index contributed by atoms with van der Waals surface area (Å²) in [6.07, 6.45) is 0. The smallest absolute Gasteiger partial charge is 0.249 e. The molecule has 0 fully saturated rings. The fourth-order valence-electron chi connectivity index (χ4n) is 1.67. The quantitative estimate of drug-likeness (QED) is 0.862. The van der Waals surface area contributed by atoms with E-state index in [2.05, 4.69) is 0 Å². The van der Waals surface area contributed by atoms with E-state index in [9.17, 15) is 13.2 Å². The molecule has 0 aliphatic carbocycles. The highest BCUT2D eigenvalue weighted by atomic mass is 32.2. The molecular weight excluding hydrogens is 240 g/mol. The maximum atomic E-state index is 11.9. The van der Waals surface area contributed by atoms with E-state index >= 15 is 0 Å². The minimum atomic E-state index is -3.48. The molecule has 1 amide bonds. The Morgan fingerprint density at radius 1 is 1.18 bits per heavy atom. The molecule has 0 aromatic heterocycles. The van der Waals surface area contributed by atoms with Crippen molar-refractivity contribution in [3.63, 3.8) is 0 Å². The molecule has 1 aromatic carbocycles. The summed E-state index contributed by atoms with van der Waals surface area (Å²) in [5.41, 5.74) is 6.75. The van der Waals surface area contributed by atoms with Crippen molar-refractivity contribution < 1.29 is 13.2 Å². The van der Waals surface area contributed by atoms with Crippen LogP contribution in [-0.2, 0) is 10.0 Å². The van der Waals surface area contributed by atoms with Crippen LogP contribution >= 0.6 is 0 Å². The number of aryl methyl sites for hydroxylation is 2. The van der Waals surface area contributed by atoms with Crippen LogP contribution in [-0.4, -0.2) is 32.7 Å². The van der Waals surface area contributed by atoms with Crippen molar-refractivity contribution in [2.75, 3.05) is 14.1 Å². The number of carbonyl (C=O) groups excluding carboxylic acids is 1. The Hall–Kier alpha value is -1.40. The summed E-state index contributed by atoms with van der Waals surface area (Å²) in [5.74, 6) is -0.547. The van der Waals surface area contributed by atoms with Gasteiger partial charge in [-0.15, -0.1) is 0 Å². The van der Waals surface area contributed by atoms with Gasteiger partial charge in [0.2, 0.25) is 15.9 Å². The van der Waals surface area contributed by atoms with E-state index in [0.717, 1.165) is 4.31 Å². The summed E-state index contributed by atoms with van der Waals surface area (Å²) in [7, 11) is -0.563. The minimum absolute atomic E-state index is 0.169. The topological polar surface area (TPSA) is 80.5 Å². The van der Waals surface area contributed by atoms with Gasteiger partial charge in [0.25, 0.3) is 0 Å². The zero-order valence-electron chi connectivity index (χ0n) is 10.3. The first-order valence-electron chi connectivity index (χ1n) is 5.01. The summed E-state index contributed by atoms with van der Waals surface area (Å²) in [6, 6.07) is 2.92. The SMILES string of the molecule is Cc1cc(S(=O)(=O)N(C)C)cc(C)c1C(N)=O. The van der Waals surface area contributed by atoms with E-state index in [-0.39, 0.29) is 4.90 Å². The molecule has 0 aliphatic rings. The lowest BCUT2D eigenvalue weighted by Crippen LogP contribution is -2.23. The third-order valence-corrected chi connectivity index (χ3v) is 4.32. The molecule has 1 rings (SSSR count). The largest absolute Gasteiger partial charge is 0.366 e. The molecular formula is C11H16N2O3S. The summed E-state index contributed by atoms with van der Waals surface area (Å²) < 4.78 is 25.0. The average molecular weight is 256 g/mol. The third-order valence-electron chi connectivity index (χ3n) is 2.53. The van der Waals surface area contributed by atoms with Crippen molar-refractivity contribution in [1.82, 2.24) is 4.31 Å². The molecule has 0 heterocycles. The standard InChI is InChI=1S/C11H16N2O3S/c1-7-5-9(17(15,16)13(3)4)6-8(2)10(7)11(12)14/h5-6H,1-4H3,(H2,12,14). The number of carbonyl (C=O) groups is 1. The molecule has 5 nitrogen and oxygen atoms in total. The Bertz CT molecular complexity index is 539. The highest BCUT2D eigenvalue weighted by Gasteiger charge is 2.20. The summed E-state index contributed by atoms with van der Waals surface area (Å²) in [5, 5.41) is 0. The molecule has 6 heteroatoms. The maximum absolute atomic E-state index is 11.9. The normalized spacial score (nSPS) is 11.8. The Morgan fingerprint density at radius 2 is 1.59 bits per heavy atom.